The van der Waals surface area contributed by atoms with Gasteiger partial charge in [0.15, 0.2) is 17.5 Å². The number of aromatic nitrogens is 3. The minimum Gasteiger partial charge on any atom is -0.455 e. The minimum atomic E-state index is -0.551. The summed E-state index contributed by atoms with van der Waals surface area (Å²) in [7, 11) is 0. The predicted molar refractivity (Wildman–Crippen MR) is 225 cm³/mol. The average molecular weight is 717 g/mol. The number of rotatable bonds is 5. The summed E-state index contributed by atoms with van der Waals surface area (Å²) in [6.07, 6.45) is 0. The summed E-state index contributed by atoms with van der Waals surface area (Å²) in [5, 5.41) is 1.88. The van der Waals surface area contributed by atoms with Crippen molar-refractivity contribution in [3.63, 3.8) is 0 Å². The SMILES string of the molecule is [2H]c1c([2H])c([2H])c2c(c1[2H])c([2H])c([2H])c1c2oc2c([2H])c(-c3cccc(-c4nc(-c5ccccc5)nc(-c5ccc6c(c5)sc5c(-c7ccccc7)cccc56)n4)c3)c([2H])c([2H])c21. The number of nitrogens with zero attached hydrogens (tertiary/aromatic N) is 3. The summed E-state index contributed by atoms with van der Waals surface area (Å²) < 4.78 is 87.5. The Balaban J connectivity index is 1.08. The topological polar surface area (TPSA) is 51.8 Å². The third kappa shape index (κ3) is 5.09. The smallest absolute Gasteiger partial charge is 0.164 e. The van der Waals surface area contributed by atoms with Crippen molar-refractivity contribution < 1.29 is 16.8 Å². The van der Waals surface area contributed by atoms with Crippen molar-refractivity contribution in [3.8, 4) is 56.4 Å². The molecule has 0 amide bonds. The van der Waals surface area contributed by atoms with Gasteiger partial charge in [0.2, 0.25) is 0 Å². The van der Waals surface area contributed by atoms with E-state index in [1.54, 1.807) is 29.5 Å². The van der Waals surface area contributed by atoms with Crippen molar-refractivity contribution >= 4 is 64.2 Å². The molecule has 0 atom stereocenters. The lowest BCUT2D eigenvalue weighted by atomic mass is 10.0. The summed E-state index contributed by atoms with van der Waals surface area (Å²) in [5.74, 6) is 1.25. The highest BCUT2D eigenvalue weighted by molar-refractivity contribution is 7.26. The Bertz CT molecular complexity index is 3740. The molecule has 8 aromatic carbocycles. The van der Waals surface area contributed by atoms with E-state index in [2.05, 4.69) is 42.5 Å². The third-order valence-corrected chi connectivity index (χ3v) is 10.8. The molecule has 0 bridgehead atoms. The van der Waals surface area contributed by atoms with Crippen LogP contribution in [0.25, 0.3) is 109 Å². The largest absolute Gasteiger partial charge is 0.455 e. The van der Waals surface area contributed by atoms with Crippen LogP contribution in [0.3, 0.4) is 0 Å². The highest BCUT2D eigenvalue weighted by Crippen LogP contribution is 2.42. The Morgan fingerprint density at radius 1 is 0.463 bits per heavy atom. The van der Waals surface area contributed by atoms with Crippen LogP contribution in [-0.2, 0) is 0 Å². The Morgan fingerprint density at radius 2 is 1.15 bits per heavy atom. The summed E-state index contributed by atoms with van der Waals surface area (Å²) in [5.41, 5.74) is 4.65. The maximum atomic E-state index is 9.39. The monoisotopic (exact) mass is 716 g/mol. The molecule has 0 aliphatic carbocycles. The van der Waals surface area contributed by atoms with Crippen LogP contribution in [0.4, 0.5) is 0 Å². The molecule has 3 heterocycles. The fraction of sp³-hybridized carbons (Fsp3) is 0. The summed E-state index contributed by atoms with van der Waals surface area (Å²) in [6, 6.07) is 35.7. The van der Waals surface area contributed by atoms with Crippen molar-refractivity contribution in [1.82, 2.24) is 15.0 Å². The van der Waals surface area contributed by atoms with Gasteiger partial charge >= 0.3 is 0 Å². The van der Waals surface area contributed by atoms with Gasteiger partial charge < -0.3 is 4.42 Å². The summed E-state index contributed by atoms with van der Waals surface area (Å²) in [4.78, 5) is 14.9. The van der Waals surface area contributed by atoms with E-state index in [1.807, 2.05) is 60.7 Å². The molecule has 0 saturated carbocycles. The molecular formula is C49H29N3OS. The third-order valence-electron chi connectivity index (χ3n) is 9.61. The molecule has 3 aromatic heterocycles. The molecule has 11 rings (SSSR count). The second kappa shape index (κ2) is 12.3. The van der Waals surface area contributed by atoms with Crippen LogP contribution >= 0.6 is 11.3 Å². The van der Waals surface area contributed by atoms with Crippen molar-refractivity contribution in [2.45, 2.75) is 0 Å². The molecule has 0 aliphatic rings. The number of benzene rings is 8. The molecule has 0 aliphatic heterocycles. The van der Waals surface area contributed by atoms with E-state index >= 15 is 0 Å². The van der Waals surface area contributed by atoms with Gasteiger partial charge in [-0.1, -0.05) is 145 Å². The average Bonchev–Trinajstić information content (AvgIpc) is 3.91. The van der Waals surface area contributed by atoms with E-state index in [0.717, 1.165) is 26.8 Å². The van der Waals surface area contributed by atoms with E-state index in [-0.39, 0.29) is 56.4 Å². The lowest BCUT2D eigenvalue weighted by Gasteiger charge is -2.10. The number of fused-ring (bicyclic) bond motifs is 8. The molecule has 0 saturated heterocycles. The second-order valence-electron chi connectivity index (χ2n) is 12.9. The van der Waals surface area contributed by atoms with Crippen LogP contribution in [0.5, 0.6) is 0 Å². The van der Waals surface area contributed by atoms with Crippen LogP contribution in [-0.4, -0.2) is 15.0 Å². The predicted octanol–water partition coefficient (Wildman–Crippen LogP) is 13.6. The van der Waals surface area contributed by atoms with Crippen molar-refractivity contribution in [2.24, 2.45) is 0 Å². The van der Waals surface area contributed by atoms with Crippen LogP contribution in [0.1, 0.15) is 12.3 Å². The molecule has 4 nitrogen and oxygen atoms in total. The molecule has 5 heteroatoms. The summed E-state index contributed by atoms with van der Waals surface area (Å²) >= 11 is 1.72. The lowest BCUT2D eigenvalue weighted by Crippen LogP contribution is -2.00. The zero-order valence-corrected chi connectivity index (χ0v) is 29.0. The molecular weight excluding hydrogens is 679 g/mol. The van der Waals surface area contributed by atoms with E-state index in [9.17, 15) is 4.11 Å². The standard InChI is InChI=1S/C49H29N3OS/c1-3-11-30(12-4-1)38-19-10-20-42-40-25-23-36(29-44(40)54-46(38)42)49-51-47(32-14-5-2-6-15-32)50-48(52-49)35-17-9-16-33(27-35)34-22-24-39-41-26-21-31-13-7-8-18-37(31)45(41)53-43(39)28-34/h1-29H/i7D,8D,13D,18D,21D,22D,24D,26D,28D. The number of hydrogen-bond donors (Lipinski definition) is 0. The Hall–Kier alpha value is -6.95. The minimum absolute atomic E-state index is 0.0470. The van der Waals surface area contributed by atoms with Gasteiger partial charge in [0, 0.05) is 53.0 Å². The Morgan fingerprint density at radius 3 is 1.98 bits per heavy atom. The van der Waals surface area contributed by atoms with Crippen LogP contribution < -0.4 is 0 Å². The van der Waals surface area contributed by atoms with Gasteiger partial charge in [-0.3, -0.25) is 0 Å². The lowest BCUT2D eigenvalue weighted by molar-refractivity contribution is 0.673. The fourth-order valence-corrected chi connectivity index (χ4v) is 8.27. The maximum Gasteiger partial charge on any atom is 0.164 e. The quantitative estimate of drug-likeness (QED) is 0.178. The van der Waals surface area contributed by atoms with Gasteiger partial charge in [0.25, 0.3) is 0 Å². The van der Waals surface area contributed by atoms with E-state index in [1.165, 1.54) is 15.6 Å². The first kappa shape index (κ1) is 22.9. The Kier molecular flexibility index (Phi) is 5.22. The first-order valence-electron chi connectivity index (χ1n) is 21.8. The number of thiophene rings is 1. The number of furan rings is 1. The van der Waals surface area contributed by atoms with Gasteiger partial charge in [-0.25, -0.2) is 15.0 Å². The van der Waals surface area contributed by atoms with Gasteiger partial charge in [-0.05, 0) is 57.9 Å². The molecule has 0 N–H and O–H groups in total. The summed E-state index contributed by atoms with van der Waals surface area (Å²) in [6.45, 7) is 0. The van der Waals surface area contributed by atoms with Crippen LogP contribution in [0.15, 0.2) is 180 Å². The van der Waals surface area contributed by atoms with E-state index < -0.39 is 36.3 Å². The molecule has 0 radical (unpaired) electrons. The normalized spacial score (nSPS) is 14.0. The van der Waals surface area contributed by atoms with E-state index in [4.69, 9.17) is 27.6 Å². The zero-order chi connectivity index (χ0) is 43.4. The first-order chi connectivity index (χ1) is 30.5. The highest BCUT2D eigenvalue weighted by Gasteiger charge is 2.17. The molecule has 0 unspecified atom stereocenters. The van der Waals surface area contributed by atoms with Crippen molar-refractivity contribution in [3.05, 3.63) is 176 Å². The van der Waals surface area contributed by atoms with Crippen LogP contribution in [0.2, 0.25) is 0 Å². The van der Waals surface area contributed by atoms with Crippen LogP contribution in [0, 0.1) is 0 Å². The molecule has 0 spiro atoms. The van der Waals surface area contributed by atoms with Crippen molar-refractivity contribution in [1.29, 1.82) is 0 Å². The second-order valence-corrected chi connectivity index (χ2v) is 13.9. The Labute approximate surface area is 327 Å². The van der Waals surface area contributed by atoms with Gasteiger partial charge in [0.1, 0.15) is 11.2 Å². The van der Waals surface area contributed by atoms with Crippen molar-refractivity contribution in [2.75, 3.05) is 0 Å². The fourth-order valence-electron chi connectivity index (χ4n) is 7.00. The van der Waals surface area contributed by atoms with Gasteiger partial charge in [-0.15, -0.1) is 11.3 Å². The molecule has 0 fully saturated rings. The van der Waals surface area contributed by atoms with Gasteiger partial charge in [-0.2, -0.15) is 0 Å². The molecule has 252 valence electrons. The van der Waals surface area contributed by atoms with Gasteiger partial charge in [0.05, 0.1) is 12.3 Å². The maximum absolute atomic E-state index is 9.39. The highest BCUT2D eigenvalue weighted by atomic mass is 32.1. The molecule has 54 heavy (non-hydrogen) atoms. The molecule has 11 aromatic rings. The first-order valence-corrected chi connectivity index (χ1v) is 18.1. The van der Waals surface area contributed by atoms with E-state index in [0.29, 0.717) is 28.6 Å². The zero-order valence-electron chi connectivity index (χ0n) is 37.2. The number of hydrogen-bond acceptors (Lipinski definition) is 5.